The lowest BCUT2D eigenvalue weighted by molar-refractivity contribution is -0.119. The third-order valence-corrected chi connectivity index (χ3v) is 4.07. The van der Waals surface area contributed by atoms with E-state index in [2.05, 4.69) is 26.1 Å². The van der Waals surface area contributed by atoms with Crippen LogP contribution in [0.4, 0.5) is 5.69 Å². The van der Waals surface area contributed by atoms with Gasteiger partial charge in [0, 0.05) is 41.8 Å². The molecule has 1 N–H and O–H groups in total. The van der Waals surface area contributed by atoms with Crippen molar-refractivity contribution >= 4 is 33.8 Å². The molecule has 0 radical (unpaired) electrons. The van der Waals surface area contributed by atoms with Gasteiger partial charge in [0.1, 0.15) is 0 Å². The highest BCUT2D eigenvalue weighted by Gasteiger charge is 2.20. The van der Waals surface area contributed by atoms with E-state index in [0.29, 0.717) is 5.56 Å². The fourth-order valence-corrected chi connectivity index (χ4v) is 2.84. The molecule has 0 spiro atoms. The van der Waals surface area contributed by atoms with Crippen LogP contribution in [-0.2, 0) is 4.79 Å². The summed E-state index contributed by atoms with van der Waals surface area (Å²) in [5.74, 6) is 0.0385. The molecule has 1 amide bonds. The number of nitrogens with zero attached hydrogens (tertiary/aromatic N) is 1. The van der Waals surface area contributed by atoms with Crippen LogP contribution >= 0.6 is 15.9 Å². The van der Waals surface area contributed by atoms with E-state index in [1.807, 2.05) is 18.2 Å². The number of benzene rings is 1. The fourth-order valence-electron chi connectivity index (χ4n) is 2.38. The standard InChI is InChI=1S/C14H17BrN2O2/c1-10(19)16-12-4-6-17(7-5-12)13-3-2-11(9-18)14(15)8-13/h2-3,8-9,12H,4-7H2,1H3,(H,16,19). The first-order chi connectivity index (χ1) is 9.10. The van der Waals surface area contributed by atoms with E-state index in [4.69, 9.17) is 0 Å². The van der Waals surface area contributed by atoms with Crippen LogP contribution < -0.4 is 10.2 Å². The highest BCUT2D eigenvalue weighted by atomic mass is 79.9. The molecule has 0 atom stereocenters. The van der Waals surface area contributed by atoms with E-state index in [9.17, 15) is 9.59 Å². The smallest absolute Gasteiger partial charge is 0.217 e. The molecule has 1 aliphatic heterocycles. The summed E-state index contributed by atoms with van der Waals surface area (Å²) in [5.41, 5.74) is 1.77. The molecular formula is C14H17BrN2O2. The molecule has 0 unspecified atom stereocenters. The lowest BCUT2D eigenvalue weighted by Crippen LogP contribution is -2.44. The maximum absolute atomic E-state index is 11.0. The monoisotopic (exact) mass is 324 g/mol. The molecule has 1 fully saturated rings. The molecule has 2 rings (SSSR count). The Hall–Kier alpha value is -1.36. The number of carbonyl (C=O) groups excluding carboxylic acids is 2. The summed E-state index contributed by atoms with van der Waals surface area (Å²) in [6, 6.07) is 6.05. The zero-order valence-corrected chi connectivity index (χ0v) is 12.4. The molecule has 19 heavy (non-hydrogen) atoms. The van der Waals surface area contributed by atoms with Crippen LogP contribution in [-0.4, -0.2) is 31.3 Å². The van der Waals surface area contributed by atoms with Crippen LogP contribution in [0.3, 0.4) is 0 Å². The van der Waals surface area contributed by atoms with Gasteiger partial charge in [-0.1, -0.05) is 0 Å². The number of anilines is 1. The van der Waals surface area contributed by atoms with Gasteiger partial charge in [0.15, 0.2) is 6.29 Å². The minimum atomic E-state index is 0.0385. The van der Waals surface area contributed by atoms with Crippen LogP contribution in [0.15, 0.2) is 22.7 Å². The number of amides is 1. The predicted octanol–water partition coefficient (Wildman–Crippen LogP) is 2.37. The number of piperidine rings is 1. The highest BCUT2D eigenvalue weighted by molar-refractivity contribution is 9.10. The molecule has 4 nitrogen and oxygen atoms in total. The lowest BCUT2D eigenvalue weighted by atomic mass is 10.0. The molecule has 1 saturated heterocycles. The van der Waals surface area contributed by atoms with Crippen molar-refractivity contribution in [2.75, 3.05) is 18.0 Å². The molecule has 0 bridgehead atoms. The van der Waals surface area contributed by atoms with Gasteiger partial charge in [-0.2, -0.15) is 0 Å². The molecule has 0 aliphatic carbocycles. The largest absolute Gasteiger partial charge is 0.371 e. The Morgan fingerprint density at radius 2 is 2.11 bits per heavy atom. The average Bonchev–Trinajstić information content (AvgIpc) is 2.39. The van der Waals surface area contributed by atoms with Crippen LogP contribution in [0.2, 0.25) is 0 Å². The summed E-state index contributed by atoms with van der Waals surface area (Å²) in [6.45, 7) is 3.39. The van der Waals surface area contributed by atoms with Crippen molar-refractivity contribution in [3.05, 3.63) is 28.2 Å². The average molecular weight is 325 g/mol. The first-order valence-corrected chi connectivity index (χ1v) is 7.16. The van der Waals surface area contributed by atoms with Gasteiger partial charge in [0.25, 0.3) is 0 Å². The van der Waals surface area contributed by atoms with Crippen molar-refractivity contribution in [3.8, 4) is 0 Å². The number of aldehydes is 1. The molecule has 1 aliphatic rings. The highest BCUT2D eigenvalue weighted by Crippen LogP contribution is 2.25. The Morgan fingerprint density at radius 1 is 1.42 bits per heavy atom. The Kier molecular flexibility index (Phi) is 4.58. The molecular weight excluding hydrogens is 308 g/mol. The molecule has 1 aromatic carbocycles. The summed E-state index contributed by atoms with van der Waals surface area (Å²) in [6.07, 6.45) is 2.75. The van der Waals surface area contributed by atoms with E-state index in [1.165, 1.54) is 0 Å². The van der Waals surface area contributed by atoms with E-state index in [1.54, 1.807) is 6.92 Å². The molecule has 1 aromatic rings. The quantitative estimate of drug-likeness (QED) is 0.868. The second-order valence-corrected chi connectivity index (χ2v) is 5.64. The van der Waals surface area contributed by atoms with Crippen molar-refractivity contribution in [2.24, 2.45) is 0 Å². The third-order valence-electron chi connectivity index (χ3n) is 3.38. The van der Waals surface area contributed by atoms with Gasteiger partial charge < -0.3 is 10.2 Å². The van der Waals surface area contributed by atoms with Crippen LogP contribution in [0.1, 0.15) is 30.1 Å². The maximum atomic E-state index is 11.0. The molecule has 102 valence electrons. The van der Waals surface area contributed by atoms with Crippen LogP contribution in [0.5, 0.6) is 0 Å². The number of carbonyl (C=O) groups is 2. The number of nitrogens with one attached hydrogen (secondary N) is 1. The fraction of sp³-hybridized carbons (Fsp3) is 0.429. The summed E-state index contributed by atoms with van der Waals surface area (Å²) < 4.78 is 0.823. The second-order valence-electron chi connectivity index (χ2n) is 4.79. The molecule has 0 aromatic heterocycles. The van der Waals surface area contributed by atoms with Crippen LogP contribution in [0, 0.1) is 0 Å². The first kappa shape index (κ1) is 14.1. The van der Waals surface area contributed by atoms with Crippen molar-refractivity contribution < 1.29 is 9.59 Å². The van der Waals surface area contributed by atoms with E-state index in [0.717, 1.165) is 42.4 Å². The van der Waals surface area contributed by atoms with Gasteiger partial charge in [-0.15, -0.1) is 0 Å². The summed E-state index contributed by atoms with van der Waals surface area (Å²) in [4.78, 5) is 24.1. The number of halogens is 1. The van der Waals surface area contributed by atoms with E-state index < -0.39 is 0 Å². The van der Waals surface area contributed by atoms with Gasteiger partial charge in [-0.25, -0.2) is 0 Å². The summed E-state index contributed by atoms with van der Waals surface area (Å²) in [5, 5.41) is 2.96. The predicted molar refractivity (Wildman–Crippen MR) is 78.6 cm³/mol. The molecule has 1 heterocycles. The van der Waals surface area contributed by atoms with E-state index >= 15 is 0 Å². The third kappa shape index (κ3) is 3.56. The van der Waals surface area contributed by atoms with Crippen LogP contribution in [0.25, 0.3) is 0 Å². The minimum absolute atomic E-state index is 0.0385. The first-order valence-electron chi connectivity index (χ1n) is 6.37. The maximum Gasteiger partial charge on any atom is 0.217 e. The topological polar surface area (TPSA) is 49.4 Å². The number of hydrogen-bond acceptors (Lipinski definition) is 3. The van der Waals surface area contributed by atoms with Gasteiger partial charge >= 0.3 is 0 Å². The normalized spacial score (nSPS) is 16.2. The van der Waals surface area contributed by atoms with Crippen molar-refractivity contribution in [1.82, 2.24) is 5.32 Å². The zero-order valence-electron chi connectivity index (χ0n) is 10.9. The lowest BCUT2D eigenvalue weighted by Gasteiger charge is -2.34. The van der Waals surface area contributed by atoms with Gasteiger partial charge in [-0.3, -0.25) is 9.59 Å². The second kappa shape index (κ2) is 6.19. The SMILES string of the molecule is CC(=O)NC1CCN(c2ccc(C=O)c(Br)c2)CC1. The van der Waals surface area contributed by atoms with Gasteiger partial charge in [0.2, 0.25) is 5.91 Å². The number of rotatable bonds is 3. The van der Waals surface area contributed by atoms with Crippen molar-refractivity contribution in [2.45, 2.75) is 25.8 Å². The minimum Gasteiger partial charge on any atom is -0.371 e. The Morgan fingerprint density at radius 3 is 2.63 bits per heavy atom. The Balaban J connectivity index is 1.99. The van der Waals surface area contributed by atoms with E-state index in [-0.39, 0.29) is 11.9 Å². The molecule has 5 heteroatoms. The zero-order chi connectivity index (χ0) is 13.8. The summed E-state index contributed by atoms with van der Waals surface area (Å²) in [7, 11) is 0. The van der Waals surface area contributed by atoms with Gasteiger partial charge in [0.05, 0.1) is 0 Å². The Bertz CT molecular complexity index is 482. The van der Waals surface area contributed by atoms with Gasteiger partial charge in [-0.05, 0) is 47.0 Å². The molecule has 0 saturated carbocycles. The van der Waals surface area contributed by atoms with Crippen molar-refractivity contribution in [3.63, 3.8) is 0 Å². The summed E-state index contributed by atoms with van der Waals surface area (Å²) >= 11 is 3.40. The van der Waals surface area contributed by atoms with Crippen molar-refractivity contribution in [1.29, 1.82) is 0 Å². The number of hydrogen-bond donors (Lipinski definition) is 1. The Labute approximate surface area is 121 Å².